The summed E-state index contributed by atoms with van der Waals surface area (Å²) < 4.78 is 10.5. The van der Waals surface area contributed by atoms with Crippen molar-refractivity contribution in [2.24, 2.45) is 4.99 Å². The van der Waals surface area contributed by atoms with Crippen LogP contribution in [0.1, 0.15) is 36.9 Å². The fourth-order valence-corrected chi connectivity index (χ4v) is 5.23. The molecule has 4 rings (SSSR count). The van der Waals surface area contributed by atoms with E-state index in [0.717, 1.165) is 29.3 Å². The Hall–Kier alpha value is -3.36. The smallest absolute Gasteiger partial charge is 0.338 e. The Morgan fingerprint density at radius 1 is 1.06 bits per heavy atom. The molecule has 2 aliphatic heterocycles. The fourth-order valence-electron chi connectivity index (χ4n) is 4.27. The highest BCUT2D eigenvalue weighted by atomic mass is 32.2. The van der Waals surface area contributed by atoms with Gasteiger partial charge in [0.05, 0.1) is 30.3 Å². The van der Waals surface area contributed by atoms with Gasteiger partial charge in [-0.15, -0.1) is 0 Å². The summed E-state index contributed by atoms with van der Waals surface area (Å²) in [7, 11) is 1.56. The van der Waals surface area contributed by atoms with Crippen molar-refractivity contribution in [3.8, 4) is 0 Å². The molecule has 0 saturated carbocycles. The van der Waals surface area contributed by atoms with Gasteiger partial charge in [0.1, 0.15) is 6.61 Å². The number of aryl methyl sites for hydroxylation is 1. The van der Waals surface area contributed by atoms with Gasteiger partial charge < -0.3 is 19.7 Å². The SMILES string of the molecule is COCCOC(=O)C1=C(C)N=C2SC=C(CC(=O)NCCCc3ccccc3)N2[C@H]1c1ccccc1. The van der Waals surface area contributed by atoms with Crippen LogP contribution in [-0.2, 0) is 25.5 Å². The summed E-state index contributed by atoms with van der Waals surface area (Å²) in [6, 6.07) is 19.6. The van der Waals surface area contributed by atoms with Gasteiger partial charge in [-0.2, -0.15) is 0 Å². The van der Waals surface area contributed by atoms with Crippen molar-refractivity contribution in [1.29, 1.82) is 0 Å². The lowest BCUT2D eigenvalue weighted by Gasteiger charge is -2.36. The number of benzene rings is 2. The molecule has 0 aliphatic carbocycles. The summed E-state index contributed by atoms with van der Waals surface area (Å²) in [5, 5.41) is 5.73. The second-order valence-electron chi connectivity index (χ2n) is 8.55. The summed E-state index contributed by atoms with van der Waals surface area (Å²) >= 11 is 1.47. The number of amides is 1. The molecule has 36 heavy (non-hydrogen) atoms. The molecular formula is C28H31N3O4S. The quantitative estimate of drug-likeness (QED) is 0.355. The van der Waals surface area contributed by atoms with E-state index in [1.165, 1.54) is 17.3 Å². The van der Waals surface area contributed by atoms with E-state index < -0.39 is 12.0 Å². The molecule has 0 radical (unpaired) electrons. The summed E-state index contributed by atoms with van der Waals surface area (Å²) in [6.07, 6.45) is 1.98. The van der Waals surface area contributed by atoms with E-state index in [4.69, 9.17) is 9.47 Å². The van der Waals surface area contributed by atoms with Crippen LogP contribution >= 0.6 is 11.8 Å². The van der Waals surface area contributed by atoms with Gasteiger partial charge in [0.2, 0.25) is 5.91 Å². The number of hydrogen-bond donors (Lipinski definition) is 1. The number of carbonyl (C=O) groups is 2. The molecule has 0 saturated heterocycles. The lowest BCUT2D eigenvalue weighted by atomic mass is 9.94. The Labute approximate surface area is 216 Å². The Morgan fingerprint density at radius 2 is 1.78 bits per heavy atom. The van der Waals surface area contributed by atoms with Crippen LogP contribution in [0.2, 0.25) is 0 Å². The van der Waals surface area contributed by atoms with E-state index in [9.17, 15) is 9.59 Å². The largest absolute Gasteiger partial charge is 0.460 e. The number of allylic oxidation sites excluding steroid dienone is 1. The molecule has 2 heterocycles. The van der Waals surface area contributed by atoms with E-state index in [0.29, 0.717) is 24.4 Å². The van der Waals surface area contributed by atoms with Gasteiger partial charge in [-0.25, -0.2) is 9.79 Å². The molecule has 1 atom stereocenters. The number of carbonyl (C=O) groups excluding carboxylic acids is 2. The molecule has 0 aromatic heterocycles. The van der Waals surface area contributed by atoms with Crippen LogP contribution in [0.3, 0.4) is 0 Å². The summed E-state index contributed by atoms with van der Waals surface area (Å²) in [6.45, 7) is 2.91. The fraction of sp³-hybridized carbons (Fsp3) is 0.321. The molecule has 0 bridgehead atoms. The first-order chi connectivity index (χ1) is 17.6. The average Bonchev–Trinajstić information content (AvgIpc) is 3.28. The van der Waals surface area contributed by atoms with Gasteiger partial charge in [0, 0.05) is 19.4 Å². The molecule has 7 nitrogen and oxygen atoms in total. The predicted octanol–water partition coefficient (Wildman–Crippen LogP) is 4.59. The third-order valence-electron chi connectivity index (χ3n) is 6.01. The Bertz CT molecular complexity index is 1160. The maximum Gasteiger partial charge on any atom is 0.338 e. The van der Waals surface area contributed by atoms with Crippen molar-refractivity contribution in [2.45, 2.75) is 32.2 Å². The maximum atomic E-state index is 13.1. The van der Waals surface area contributed by atoms with Crippen molar-refractivity contribution in [3.63, 3.8) is 0 Å². The van der Waals surface area contributed by atoms with Crippen LogP contribution in [0.15, 0.2) is 88.0 Å². The number of methoxy groups -OCH3 is 1. The molecule has 1 amide bonds. The average molecular weight is 506 g/mol. The van der Waals surface area contributed by atoms with E-state index in [1.807, 2.05) is 65.8 Å². The zero-order valence-corrected chi connectivity index (χ0v) is 21.4. The van der Waals surface area contributed by atoms with Crippen LogP contribution in [0.25, 0.3) is 0 Å². The van der Waals surface area contributed by atoms with Gasteiger partial charge >= 0.3 is 5.97 Å². The van der Waals surface area contributed by atoms with E-state index in [2.05, 4.69) is 22.4 Å². The number of amidine groups is 1. The second kappa shape index (κ2) is 12.6. The summed E-state index contributed by atoms with van der Waals surface area (Å²) in [5.41, 5.74) is 4.08. The van der Waals surface area contributed by atoms with E-state index in [1.54, 1.807) is 7.11 Å². The molecule has 2 aliphatic rings. The van der Waals surface area contributed by atoms with Gasteiger partial charge in [-0.05, 0) is 36.3 Å². The maximum absolute atomic E-state index is 13.1. The Morgan fingerprint density at radius 3 is 2.50 bits per heavy atom. The summed E-state index contributed by atoms with van der Waals surface area (Å²) in [4.78, 5) is 32.7. The first-order valence-corrected chi connectivity index (χ1v) is 12.9. The van der Waals surface area contributed by atoms with Crippen molar-refractivity contribution in [2.75, 3.05) is 26.9 Å². The molecule has 2 aromatic carbocycles. The standard InChI is InChI=1S/C28H31N3O4S/c1-20-25(27(33)35-17-16-34-2)26(22-13-7-4-8-14-22)31-23(19-36-28(31)30-20)18-24(32)29-15-9-12-21-10-5-3-6-11-21/h3-8,10-11,13-14,19,26H,9,12,15-18H2,1-2H3,(H,29,32)/t26-/m0/s1. The molecule has 1 N–H and O–H groups in total. The van der Waals surface area contributed by atoms with E-state index >= 15 is 0 Å². The number of hydrogen-bond acceptors (Lipinski definition) is 7. The minimum absolute atomic E-state index is 0.0570. The number of rotatable bonds is 11. The third kappa shape index (κ3) is 6.25. The molecule has 2 aromatic rings. The zero-order chi connectivity index (χ0) is 25.3. The van der Waals surface area contributed by atoms with Crippen LogP contribution in [0.4, 0.5) is 0 Å². The van der Waals surface area contributed by atoms with Crippen molar-refractivity contribution in [1.82, 2.24) is 10.2 Å². The topological polar surface area (TPSA) is 80.2 Å². The minimum atomic E-state index is -0.430. The van der Waals surface area contributed by atoms with Crippen molar-refractivity contribution < 1.29 is 19.1 Å². The molecular weight excluding hydrogens is 474 g/mol. The number of thioether (sulfide) groups is 1. The van der Waals surface area contributed by atoms with Crippen molar-refractivity contribution >= 4 is 28.8 Å². The number of esters is 1. The number of fused-ring (bicyclic) bond motifs is 1. The molecule has 8 heteroatoms. The van der Waals surface area contributed by atoms with Gasteiger partial charge in [0.25, 0.3) is 0 Å². The lowest BCUT2D eigenvalue weighted by Crippen LogP contribution is -2.38. The summed E-state index contributed by atoms with van der Waals surface area (Å²) in [5.74, 6) is -0.485. The first kappa shape index (κ1) is 25.7. The predicted molar refractivity (Wildman–Crippen MR) is 142 cm³/mol. The van der Waals surface area contributed by atoms with E-state index in [-0.39, 0.29) is 18.9 Å². The highest BCUT2D eigenvalue weighted by Gasteiger charge is 2.41. The third-order valence-corrected chi connectivity index (χ3v) is 6.89. The molecule has 188 valence electrons. The highest BCUT2D eigenvalue weighted by molar-refractivity contribution is 8.16. The number of ether oxygens (including phenoxy) is 2. The van der Waals surface area contributed by atoms with Crippen LogP contribution in [-0.4, -0.2) is 48.8 Å². The Balaban J connectivity index is 1.46. The number of nitrogens with one attached hydrogen (secondary N) is 1. The Kier molecular flexibility index (Phi) is 8.97. The molecule has 0 unspecified atom stereocenters. The number of aliphatic imine (C=N–C) groups is 1. The zero-order valence-electron chi connectivity index (χ0n) is 20.6. The highest BCUT2D eigenvalue weighted by Crippen LogP contribution is 2.44. The van der Waals surface area contributed by atoms with Gasteiger partial charge in [-0.1, -0.05) is 72.4 Å². The molecule has 0 fully saturated rings. The van der Waals surface area contributed by atoms with Crippen LogP contribution in [0, 0.1) is 0 Å². The van der Waals surface area contributed by atoms with Crippen LogP contribution < -0.4 is 5.32 Å². The monoisotopic (exact) mass is 505 g/mol. The van der Waals surface area contributed by atoms with Crippen LogP contribution in [0.5, 0.6) is 0 Å². The second-order valence-corrected chi connectivity index (χ2v) is 9.38. The first-order valence-electron chi connectivity index (χ1n) is 12.0. The molecule has 0 spiro atoms. The number of nitrogens with zero attached hydrogens (tertiary/aromatic N) is 2. The van der Waals surface area contributed by atoms with Gasteiger partial charge in [-0.3, -0.25) is 4.79 Å². The van der Waals surface area contributed by atoms with Gasteiger partial charge in [0.15, 0.2) is 5.17 Å². The normalized spacial score (nSPS) is 16.8. The minimum Gasteiger partial charge on any atom is -0.460 e. The van der Waals surface area contributed by atoms with Crippen molar-refractivity contribution in [3.05, 3.63) is 94.2 Å². The lowest BCUT2D eigenvalue weighted by molar-refractivity contribution is -0.141.